The molecule has 0 aromatic heterocycles. The van der Waals surface area contributed by atoms with E-state index in [1.807, 2.05) is 24.3 Å². The van der Waals surface area contributed by atoms with E-state index in [-0.39, 0.29) is 22.9 Å². The summed E-state index contributed by atoms with van der Waals surface area (Å²) in [5, 5.41) is 2.85. The van der Waals surface area contributed by atoms with E-state index in [1.165, 1.54) is 18.2 Å². The Kier molecular flexibility index (Phi) is 7.24. The van der Waals surface area contributed by atoms with Gasteiger partial charge in [0.15, 0.2) is 0 Å². The summed E-state index contributed by atoms with van der Waals surface area (Å²) in [5.41, 5.74) is 2.04. The molecule has 8 heteroatoms. The molecule has 0 aliphatic carbocycles. The van der Waals surface area contributed by atoms with Crippen LogP contribution in [0.2, 0.25) is 0 Å². The Morgan fingerprint density at radius 2 is 1.83 bits per heavy atom. The number of carbonyl (C=O) groups is 1. The summed E-state index contributed by atoms with van der Waals surface area (Å²) < 4.78 is 26.8. The molecule has 3 rings (SSSR count). The highest BCUT2D eigenvalue weighted by atomic mass is 32.2. The number of nitrogens with zero attached hydrogens (tertiary/aromatic N) is 2. The Labute approximate surface area is 178 Å². The first-order chi connectivity index (χ1) is 14.4. The Hall–Kier alpha value is -2.70. The molecule has 2 aromatic carbocycles. The fourth-order valence-electron chi connectivity index (χ4n) is 3.24. The molecule has 1 fully saturated rings. The summed E-state index contributed by atoms with van der Waals surface area (Å²) in [5.74, 6) is 1.85. The van der Waals surface area contributed by atoms with Crippen LogP contribution in [0, 0.1) is 12.3 Å². The van der Waals surface area contributed by atoms with Crippen molar-refractivity contribution in [3.05, 3.63) is 59.7 Å². The standard InChI is InChI=1S/C22H26N4O3S/c1-3-10-23-30(28,29)21-9-5-7-19(16-21)22(27)24-20-8-4-6-18(15-20)17-26-13-11-25(2)12-14-26/h1,4-9,15-16,23H,10-14,17H2,2H3,(H,24,27). The molecule has 0 atom stereocenters. The molecule has 0 bridgehead atoms. The molecule has 1 aliphatic heterocycles. The minimum absolute atomic E-state index is 0.00535. The molecular formula is C22H26N4O3S. The van der Waals surface area contributed by atoms with Gasteiger partial charge in [0.1, 0.15) is 0 Å². The monoisotopic (exact) mass is 426 g/mol. The lowest BCUT2D eigenvalue weighted by molar-refractivity contribution is 0.102. The highest BCUT2D eigenvalue weighted by Crippen LogP contribution is 2.17. The van der Waals surface area contributed by atoms with E-state index >= 15 is 0 Å². The van der Waals surface area contributed by atoms with E-state index in [0.29, 0.717) is 5.69 Å². The minimum Gasteiger partial charge on any atom is -0.322 e. The number of carbonyl (C=O) groups excluding carboxylic acids is 1. The summed E-state index contributed by atoms with van der Waals surface area (Å²) in [6.07, 6.45) is 5.11. The van der Waals surface area contributed by atoms with Gasteiger partial charge in [0.25, 0.3) is 5.91 Å². The minimum atomic E-state index is -3.76. The Balaban J connectivity index is 1.68. The van der Waals surface area contributed by atoms with Crippen LogP contribution in [0.15, 0.2) is 53.4 Å². The van der Waals surface area contributed by atoms with Crippen LogP contribution in [0.4, 0.5) is 5.69 Å². The molecule has 7 nitrogen and oxygen atoms in total. The van der Waals surface area contributed by atoms with Crippen molar-refractivity contribution in [2.45, 2.75) is 11.4 Å². The van der Waals surface area contributed by atoms with Crippen LogP contribution >= 0.6 is 0 Å². The lowest BCUT2D eigenvalue weighted by Crippen LogP contribution is -2.43. The van der Waals surface area contributed by atoms with Crippen LogP contribution < -0.4 is 10.0 Å². The molecule has 0 unspecified atom stereocenters. The molecule has 0 saturated carbocycles. The summed E-state index contributed by atoms with van der Waals surface area (Å²) in [6, 6.07) is 13.6. The molecule has 1 heterocycles. The zero-order valence-corrected chi connectivity index (χ0v) is 17.8. The first-order valence-electron chi connectivity index (χ1n) is 9.72. The number of benzene rings is 2. The Bertz CT molecular complexity index is 1040. The molecular weight excluding hydrogens is 400 g/mol. The number of terminal acetylenes is 1. The van der Waals surface area contributed by atoms with Gasteiger partial charge in [-0.3, -0.25) is 9.69 Å². The fraction of sp³-hybridized carbons (Fsp3) is 0.318. The maximum atomic E-state index is 12.7. The average Bonchev–Trinajstić information content (AvgIpc) is 2.74. The fourth-order valence-corrected chi connectivity index (χ4v) is 4.22. The van der Waals surface area contributed by atoms with E-state index < -0.39 is 10.0 Å². The van der Waals surface area contributed by atoms with Crippen LogP contribution in [0.5, 0.6) is 0 Å². The van der Waals surface area contributed by atoms with Crippen LogP contribution in [0.3, 0.4) is 0 Å². The van der Waals surface area contributed by atoms with Crippen LogP contribution in [0.1, 0.15) is 15.9 Å². The maximum Gasteiger partial charge on any atom is 0.255 e. The third kappa shape index (κ3) is 5.90. The summed E-state index contributed by atoms with van der Waals surface area (Å²) in [7, 11) is -1.64. The molecule has 158 valence electrons. The molecule has 0 spiro atoms. The van der Waals surface area contributed by atoms with Gasteiger partial charge in [0.2, 0.25) is 10.0 Å². The van der Waals surface area contributed by atoms with Crippen molar-refractivity contribution in [1.82, 2.24) is 14.5 Å². The van der Waals surface area contributed by atoms with E-state index in [2.05, 4.69) is 32.8 Å². The van der Waals surface area contributed by atoms with Gasteiger partial charge in [-0.1, -0.05) is 24.1 Å². The van der Waals surface area contributed by atoms with Crippen LogP contribution in [0.25, 0.3) is 0 Å². The molecule has 30 heavy (non-hydrogen) atoms. The number of likely N-dealkylation sites (N-methyl/N-ethyl adjacent to an activating group) is 1. The smallest absolute Gasteiger partial charge is 0.255 e. The zero-order chi connectivity index (χ0) is 21.6. The SMILES string of the molecule is C#CCNS(=O)(=O)c1cccc(C(=O)Nc2cccc(CN3CCN(C)CC3)c2)c1. The van der Waals surface area contributed by atoms with Gasteiger partial charge >= 0.3 is 0 Å². The normalized spacial score (nSPS) is 15.5. The van der Waals surface area contributed by atoms with E-state index in [0.717, 1.165) is 38.3 Å². The quantitative estimate of drug-likeness (QED) is 0.658. The van der Waals surface area contributed by atoms with Crippen molar-refractivity contribution in [3.8, 4) is 12.3 Å². The second-order valence-electron chi connectivity index (χ2n) is 7.29. The largest absolute Gasteiger partial charge is 0.322 e. The molecule has 2 N–H and O–H groups in total. The van der Waals surface area contributed by atoms with E-state index in [9.17, 15) is 13.2 Å². The van der Waals surface area contributed by atoms with Gasteiger partial charge in [-0.2, -0.15) is 4.72 Å². The molecule has 2 aromatic rings. The lowest BCUT2D eigenvalue weighted by Gasteiger charge is -2.32. The number of hydrogen-bond donors (Lipinski definition) is 2. The highest BCUT2D eigenvalue weighted by Gasteiger charge is 2.16. The number of hydrogen-bond acceptors (Lipinski definition) is 5. The zero-order valence-electron chi connectivity index (χ0n) is 17.0. The molecule has 0 radical (unpaired) electrons. The molecule has 1 amide bonds. The van der Waals surface area contributed by atoms with E-state index in [1.54, 1.807) is 6.07 Å². The summed E-state index contributed by atoms with van der Waals surface area (Å²) in [6.45, 7) is 4.84. The molecule has 1 aliphatic rings. The first-order valence-corrected chi connectivity index (χ1v) is 11.2. The lowest BCUT2D eigenvalue weighted by atomic mass is 10.1. The second-order valence-corrected chi connectivity index (χ2v) is 9.06. The Morgan fingerprint density at radius 3 is 2.57 bits per heavy atom. The number of nitrogens with one attached hydrogen (secondary N) is 2. The van der Waals surface area contributed by atoms with Gasteiger partial charge in [-0.25, -0.2) is 8.42 Å². The van der Waals surface area contributed by atoms with Crippen molar-refractivity contribution in [1.29, 1.82) is 0 Å². The first kappa shape index (κ1) is 22.0. The van der Waals surface area contributed by atoms with Gasteiger partial charge < -0.3 is 10.2 Å². The number of anilines is 1. The highest BCUT2D eigenvalue weighted by molar-refractivity contribution is 7.89. The number of piperazine rings is 1. The number of rotatable bonds is 7. The van der Waals surface area contributed by atoms with Crippen molar-refractivity contribution >= 4 is 21.6 Å². The Morgan fingerprint density at radius 1 is 1.10 bits per heavy atom. The van der Waals surface area contributed by atoms with E-state index in [4.69, 9.17) is 6.42 Å². The average molecular weight is 427 g/mol. The van der Waals surface area contributed by atoms with Crippen molar-refractivity contribution in [3.63, 3.8) is 0 Å². The third-order valence-electron chi connectivity index (χ3n) is 4.96. The summed E-state index contributed by atoms with van der Waals surface area (Å²) in [4.78, 5) is 17.4. The molecule has 1 saturated heterocycles. The number of sulfonamides is 1. The van der Waals surface area contributed by atoms with Crippen LogP contribution in [-0.2, 0) is 16.6 Å². The van der Waals surface area contributed by atoms with Crippen LogP contribution in [-0.4, -0.2) is 63.9 Å². The number of amides is 1. The third-order valence-corrected chi connectivity index (χ3v) is 6.36. The van der Waals surface area contributed by atoms with Crippen molar-refractivity contribution in [2.24, 2.45) is 0 Å². The predicted molar refractivity (Wildman–Crippen MR) is 118 cm³/mol. The topological polar surface area (TPSA) is 81.7 Å². The predicted octanol–water partition coefficient (Wildman–Crippen LogP) is 1.60. The summed E-state index contributed by atoms with van der Waals surface area (Å²) >= 11 is 0. The van der Waals surface area contributed by atoms with Gasteiger partial charge in [0.05, 0.1) is 11.4 Å². The van der Waals surface area contributed by atoms with Gasteiger partial charge in [-0.15, -0.1) is 6.42 Å². The van der Waals surface area contributed by atoms with Gasteiger partial charge in [0, 0.05) is 44.0 Å². The second kappa shape index (κ2) is 9.87. The maximum absolute atomic E-state index is 12.7. The van der Waals surface area contributed by atoms with Crippen molar-refractivity contribution in [2.75, 3.05) is 45.1 Å². The van der Waals surface area contributed by atoms with Gasteiger partial charge in [-0.05, 0) is 42.9 Å². The van der Waals surface area contributed by atoms with Crippen molar-refractivity contribution < 1.29 is 13.2 Å².